The second-order valence-corrected chi connectivity index (χ2v) is 7.77. The van der Waals surface area contributed by atoms with Gasteiger partial charge in [0.2, 0.25) is 11.1 Å². The second kappa shape index (κ2) is 8.13. The van der Waals surface area contributed by atoms with Crippen LogP contribution in [0.2, 0.25) is 0 Å². The zero-order chi connectivity index (χ0) is 20.4. The predicted molar refractivity (Wildman–Crippen MR) is 114 cm³/mol. The molecule has 0 aliphatic carbocycles. The van der Waals surface area contributed by atoms with Crippen LogP contribution in [-0.4, -0.2) is 27.7 Å². The molecule has 1 aliphatic rings. The quantitative estimate of drug-likeness (QED) is 0.610. The number of benzene rings is 2. The molecule has 1 aromatic heterocycles. The number of hydrogen-bond acceptors (Lipinski definition) is 6. The van der Waals surface area contributed by atoms with E-state index in [-0.39, 0.29) is 11.8 Å². The van der Waals surface area contributed by atoms with Gasteiger partial charge in [0, 0.05) is 17.0 Å². The number of nitrogens with one attached hydrogen (secondary N) is 1. The van der Waals surface area contributed by atoms with Crippen molar-refractivity contribution >= 4 is 23.5 Å². The van der Waals surface area contributed by atoms with E-state index in [4.69, 9.17) is 9.84 Å². The number of methoxy groups -OCH3 is 1. The van der Waals surface area contributed by atoms with Crippen LogP contribution >= 0.6 is 11.8 Å². The Labute approximate surface area is 174 Å². The summed E-state index contributed by atoms with van der Waals surface area (Å²) >= 11 is 1.57. The molecular weight excluding hydrogens is 384 g/mol. The third-order valence-corrected chi connectivity index (χ3v) is 5.76. The van der Waals surface area contributed by atoms with Crippen LogP contribution in [0.15, 0.2) is 71.0 Å². The van der Waals surface area contributed by atoms with Crippen LogP contribution in [0.4, 0.5) is 5.95 Å². The molecule has 148 valence electrons. The minimum atomic E-state index is -0.326. The molecular formula is C22H22N4O2S. The molecule has 0 fully saturated rings. The first kappa shape index (κ1) is 19.3. The zero-order valence-corrected chi connectivity index (χ0v) is 17.4. The Kier molecular flexibility index (Phi) is 5.40. The molecule has 2 heterocycles. The molecule has 0 saturated heterocycles. The first-order valence-corrected chi connectivity index (χ1v) is 10.3. The van der Waals surface area contributed by atoms with Crippen molar-refractivity contribution in [1.82, 2.24) is 14.8 Å². The number of ether oxygens (including phenoxy) is 1. The third kappa shape index (κ3) is 3.91. The maximum absolute atomic E-state index is 12.5. The molecule has 0 bridgehead atoms. The van der Waals surface area contributed by atoms with Crippen molar-refractivity contribution in [3.05, 3.63) is 77.0 Å². The number of ketones is 1. The number of aromatic nitrogens is 3. The largest absolute Gasteiger partial charge is 0.497 e. The smallest absolute Gasteiger partial charge is 0.227 e. The van der Waals surface area contributed by atoms with Gasteiger partial charge in [-0.2, -0.15) is 4.98 Å². The first-order chi connectivity index (χ1) is 14.1. The molecule has 6 nitrogen and oxygen atoms in total. The van der Waals surface area contributed by atoms with Gasteiger partial charge in [0.15, 0.2) is 5.78 Å². The van der Waals surface area contributed by atoms with E-state index in [0.29, 0.717) is 16.7 Å². The number of hydrogen-bond donors (Lipinski definition) is 1. The van der Waals surface area contributed by atoms with Crippen LogP contribution in [-0.2, 0) is 10.5 Å². The van der Waals surface area contributed by atoms with Crippen molar-refractivity contribution in [2.24, 2.45) is 0 Å². The molecule has 4 rings (SSSR count). The van der Waals surface area contributed by atoms with Crippen molar-refractivity contribution in [1.29, 1.82) is 0 Å². The number of anilines is 1. The average molecular weight is 407 g/mol. The Balaban J connectivity index is 1.69. The molecule has 1 aliphatic heterocycles. The molecule has 3 aromatic rings. The molecule has 0 saturated carbocycles. The summed E-state index contributed by atoms with van der Waals surface area (Å²) in [5.41, 5.74) is 3.66. The lowest BCUT2D eigenvalue weighted by Crippen LogP contribution is -2.27. The van der Waals surface area contributed by atoms with Crippen molar-refractivity contribution < 1.29 is 9.53 Å². The maximum Gasteiger partial charge on any atom is 0.227 e. The number of nitrogens with zero attached hydrogens (tertiary/aromatic N) is 3. The summed E-state index contributed by atoms with van der Waals surface area (Å²) in [5, 5.41) is 8.64. The summed E-state index contributed by atoms with van der Waals surface area (Å²) in [4.78, 5) is 17.1. The van der Waals surface area contributed by atoms with E-state index in [1.54, 1.807) is 30.5 Å². The molecule has 1 N–H and O–H groups in total. The highest BCUT2D eigenvalue weighted by Gasteiger charge is 2.32. The van der Waals surface area contributed by atoms with Gasteiger partial charge in [-0.1, -0.05) is 54.2 Å². The Morgan fingerprint density at radius 2 is 1.90 bits per heavy atom. The van der Waals surface area contributed by atoms with Crippen molar-refractivity contribution in [3.63, 3.8) is 0 Å². The minimum absolute atomic E-state index is 0.00968. The van der Waals surface area contributed by atoms with Gasteiger partial charge in [-0.15, -0.1) is 5.10 Å². The Hall–Kier alpha value is -3.06. The topological polar surface area (TPSA) is 69.0 Å². The van der Waals surface area contributed by atoms with Crippen molar-refractivity contribution in [2.75, 3.05) is 12.4 Å². The van der Waals surface area contributed by atoms with E-state index in [1.165, 1.54) is 5.56 Å². The van der Waals surface area contributed by atoms with Gasteiger partial charge < -0.3 is 10.1 Å². The van der Waals surface area contributed by atoms with Crippen LogP contribution in [0.25, 0.3) is 0 Å². The monoisotopic (exact) mass is 406 g/mol. The van der Waals surface area contributed by atoms with Gasteiger partial charge >= 0.3 is 0 Å². The van der Waals surface area contributed by atoms with Gasteiger partial charge in [0.1, 0.15) is 11.8 Å². The number of rotatable bonds is 6. The summed E-state index contributed by atoms with van der Waals surface area (Å²) in [5.74, 6) is 2.20. The summed E-state index contributed by atoms with van der Waals surface area (Å²) in [6, 6.07) is 17.6. The standard InChI is InChI=1S/C22H22N4O2S/c1-14-19(15(2)27)20(17-9-11-18(28-3)12-10-17)26-21(23-14)24-22(25-26)29-13-16-7-5-4-6-8-16/h4-12,20H,13H2,1-3H3,(H,23,24,25). The SMILES string of the molecule is COc1ccc(C2C(C(C)=O)=C(C)Nc3nc(SCc4ccccc4)nn32)cc1. The number of fused-ring (bicyclic) bond motifs is 1. The van der Waals surface area contributed by atoms with Crippen LogP contribution < -0.4 is 10.1 Å². The van der Waals surface area contributed by atoms with Gasteiger partial charge in [0.05, 0.1) is 7.11 Å². The maximum atomic E-state index is 12.5. The highest BCUT2D eigenvalue weighted by molar-refractivity contribution is 7.98. The van der Waals surface area contributed by atoms with Crippen LogP contribution in [0.1, 0.15) is 31.0 Å². The van der Waals surface area contributed by atoms with Gasteiger partial charge in [-0.25, -0.2) is 4.68 Å². The van der Waals surface area contributed by atoms with Crippen LogP contribution in [0, 0.1) is 0 Å². The number of Topliss-reactive ketones (excluding diaryl/α,β-unsaturated/α-hetero) is 1. The Morgan fingerprint density at radius 1 is 1.17 bits per heavy atom. The second-order valence-electron chi connectivity index (χ2n) is 6.83. The fraction of sp³-hybridized carbons (Fsp3) is 0.227. The molecule has 1 unspecified atom stereocenters. The number of thioether (sulfide) groups is 1. The van der Waals surface area contributed by atoms with E-state index in [1.807, 2.05) is 49.4 Å². The fourth-order valence-corrected chi connectivity index (χ4v) is 4.25. The summed E-state index contributed by atoms with van der Waals surface area (Å²) in [6.45, 7) is 3.49. The lowest BCUT2D eigenvalue weighted by atomic mass is 9.93. The molecule has 1 atom stereocenters. The summed E-state index contributed by atoms with van der Waals surface area (Å²) in [6.07, 6.45) is 0. The molecule has 0 radical (unpaired) electrons. The zero-order valence-electron chi connectivity index (χ0n) is 16.5. The van der Waals surface area contributed by atoms with E-state index in [0.717, 1.165) is 22.8 Å². The van der Waals surface area contributed by atoms with Crippen LogP contribution in [0.5, 0.6) is 5.75 Å². The Morgan fingerprint density at radius 3 is 2.55 bits per heavy atom. The summed E-state index contributed by atoms with van der Waals surface area (Å²) in [7, 11) is 1.64. The molecule has 0 spiro atoms. The van der Waals surface area contributed by atoms with E-state index in [2.05, 4.69) is 22.4 Å². The minimum Gasteiger partial charge on any atom is -0.497 e. The lowest BCUT2D eigenvalue weighted by Gasteiger charge is -2.28. The molecule has 29 heavy (non-hydrogen) atoms. The highest BCUT2D eigenvalue weighted by atomic mass is 32.2. The van der Waals surface area contributed by atoms with Crippen LogP contribution in [0.3, 0.4) is 0 Å². The molecule has 0 amide bonds. The Bertz CT molecular complexity index is 1060. The third-order valence-electron chi connectivity index (χ3n) is 4.85. The van der Waals surface area contributed by atoms with Gasteiger partial charge in [0.25, 0.3) is 0 Å². The van der Waals surface area contributed by atoms with E-state index in [9.17, 15) is 4.79 Å². The fourth-order valence-electron chi connectivity index (χ4n) is 3.47. The highest BCUT2D eigenvalue weighted by Crippen LogP contribution is 2.37. The number of carbonyl (C=O) groups excluding carboxylic acids is 1. The molecule has 7 heteroatoms. The van der Waals surface area contributed by atoms with E-state index >= 15 is 0 Å². The molecule has 2 aromatic carbocycles. The van der Waals surface area contributed by atoms with Crippen molar-refractivity contribution in [3.8, 4) is 5.75 Å². The van der Waals surface area contributed by atoms with Gasteiger partial charge in [-0.3, -0.25) is 4.79 Å². The lowest BCUT2D eigenvalue weighted by molar-refractivity contribution is -0.114. The van der Waals surface area contributed by atoms with E-state index < -0.39 is 0 Å². The first-order valence-electron chi connectivity index (χ1n) is 9.32. The van der Waals surface area contributed by atoms with Crippen molar-refractivity contribution in [2.45, 2.75) is 30.8 Å². The number of carbonyl (C=O) groups is 1. The average Bonchev–Trinajstić information content (AvgIpc) is 3.14. The predicted octanol–water partition coefficient (Wildman–Crippen LogP) is 4.46. The number of allylic oxidation sites excluding steroid dienone is 2. The van der Waals surface area contributed by atoms with Gasteiger partial charge in [-0.05, 0) is 37.1 Å². The normalized spacial score (nSPS) is 15.6. The summed E-state index contributed by atoms with van der Waals surface area (Å²) < 4.78 is 7.07.